The first-order valence-electron chi connectivity index (χ1n) is 5.48. The second kappa shape index (κ2) is 7.26. The van der Waals surface area contributed by atoms with Gasteiger partial charge in [-0.05, 0) is 19.3 Å². The molecule has 0 rings (SSSR count). The van der Waals surface area contributed by atoms with Gasteiger partial charge in [0.25, 0.3) is 0 Å². The van der Waals surface area contributed by atoms with Gasteiger partial charge < -0.3 is 10.5 Å². The number of nitrogens with two attached hydrogens (primary N) is 1. The molecular formula is C11H21NO3. The Morgan fingerprint density at radius 2 is 1.93 bits per heavy atom. The van der Waals surface area contributed by atoms with E-state index in [0.717, 1.165) is 6.42 Å². The Labute approximate surface area is 91.2 Å². The third-order valence-electron chi connectivity index (χ3n) is 2.40. The first kappa shape index (κ1) is 13.9. The fourth-order valence-corrected chi connectivity index (χ4v) is 1.29. The largest absolute Gasteiger partial charge is 0.465 e. The topological polar surface area (TPSA) is 69.4 Å². The quantitative estimate of drug-likeness (QED) is 0.654. The van der Waals surface area contributed by atoms with Crippen LogP contribution in [0.3, 0.4) is 0 Å². The van der Waals surface area contributed by atoms with E-state index >= 15 is 0 Å². The summed E-state index contributed by atoms with van der Waals surface area (Å²) >= 11 is 0. The van der Waals surface area contributed by atoms with Crippen LogP contribution in [-0.4, -0.2) is 18.5 Å². The van der Waals surface area contributed by atoms with E-state index in [4.69, 9.17) is 10.5 Å². The molecule has 88 valence electrons. The zero-order valence-electron chi connectivity index (χ0n) is 9.79. The minimum absolute atomic E-state index is 0.209. The minimum Gasteiger partial charge on any atom is -0.465 e. The molecule has 0 aliphatic carbocycles. The molecule has 0 spiro atoms. The van der Waals surface area contributed by atoms with Crippen LogP contribution in [0.25, 0.3) is 0 Å². The van der Waals surface area contributed by atoms with Crippen LogP contribution in [0, 0.1) is 11.8 Å². The van der Waals surface area contributed by atoms with Crippen molar-refractivity contribution in [2.75, 3.05) is 6.61 Å². The summed E-state index contributed by atoms with van der Waals surface area (Å²) in [6.45, 7) is 6.03. The molecule has 0 saturated heterocycles. The maximum Gasteiger partial charge on any atom is 0.308 e. The first-order valence-corrected chi connectivity index (χ1v) is 5.48. The zero-order chi connectivity index (χ0) is 11.8. The number of amides is 1. The van der Waals surface area contributed by atoms with Gasteiger partial charge in [0, 0.05) is 5.92 Å². The lowest BCUT2D eigenvalue weighted by molar-refractivity contribution is -0.149. The van der Waals surface area contributed by atoms with Crippen LogP contribution in [-0.2, 0) is 14.3 Å². The predicted molar refractivity (Wildman–Crippen MR) is 58.0 cm³/mol. The summed E-state index contributed by atoms with van der Waals surface area (Å²) in [7, 11) is 0. The summed E-state index contributed by atoms with van der Waals surface area (Å²) in [4.78, 5) is 22.4. The molecule has 15 heavy (non-hydrogen) atoms. The highest BCUT2D eigenvalue weighted by Crippen LogP contribution is 2.17. The minimum atomic E-state index is -0.364. The van der Waals surface area contributed by atoms with E-state index in [1.807, 2.05) is 13.8 Å². The van der Waals surface area contributed by atoms with E-state index in [2.05, 4.69) is 0 Å². The summed E-state index contributed by atoms with van der Waals surface area (Å²) < 4.78 is 5.03. The molecule has 2 N–H and O–H groups in total. The lowest BCUT2D eigenvalue weighted by Gasteiger charge is -2.16. The molecule has 0 aromatic carbocycles. The van der Waals surface area contributed by atoms with Gasteiger partial charge in [-0.15, -0.1) is 0 Å². The predicted octanol–water partition coefficient (Wildman–Crippen LogP) is 1.48. The molecule has 4 nitrogen and oxygen atoms in total. The SMILES string of the molecule is CCCOC(=O)C(CC)CC(C)C(N)=O. The normalized spacial score (nSPS) is 14.3. The van der Waals surface area contributed by atoms with Gasteiger partial charge >= 0.3 is 5.97 Å². The van der Waals surface area contributed by atoms with Gasteiger partial charge in [-0.3, -0.25) is 9.59 Å². The van der Waals surface area contributed by atoms with Crippen molar-refractivity contribution in [1.82, 2.24) is 0 Å². The molecule has 4 heteroatoms. The van der Waals surface area contributed by atoms with E-state index in [1.54, 1.807) is 6.92 Å². The van der Waals surface area contributed by atoms with Gasteiger partial charge in [-0.1, -0.05) is 20.8 Å². The number of hydrogen-bond donors (Lipinski definition) is 1. The Morgan fingerprint density at radius 1 is 1.33 bits per heavy atom. The zero-order valence-corrected chi connectivity index (χ0v) is 9.79. The molecule has 2 atom stereocenters. The third-order valence-corrected chi connectivity index (χ3v) is 2.40. The molecule has 0 heterocycles. The van der Waals surface area contributed by atoms with Gasteiger partial charge in [0.1, 0.15) is 0 Å². The van der Waals surface area contributed by atoms with Crippen molar-refractivity contribution >= 4 is 11.9 Å². The number of rotatable bonds is 7. The molecule has 0 radical (unpaired) electrons. The lowest BCUT2D eigenvalue weighted by Crippen LogP contribution is -2.27. The van der Waals surface area contributed by atoms with E-state index in [-0.39, 0.29) is 23.7 Å². The van der Waals surface area contributed by atoms with E-state index in [0.29, 0.717) is 19.4 Å². The summed E-state index contributed by atoms with van der Waals surface area (Å²) in [6.07, 6.45) is 1.97. The average molecular weight is 215 g/mol. The second-order valence-corrected chi connectivity index (χ2v) is 3.81. The third kappa shape index (κ3) is 5.40. The van der Waals surface area contributed by atoms with Crippen LogP contribution in [0.4, 0.5) is 0 Å². The van der Waals surface area contributed by atoms with Crippen molar-refractivity contribution in [2.24, 2.45) is 17.6 Å². The first-order chi connectivity index (χ1) is 7.02. The van der Waals surface area contributed by atoms with Crippen LogP contribution in [0.2, 0.25) is 0 Å². The van der Waals surface area contributed by atoms with Crippen LogP contribution in [0.1, 0.15) is 40.0 Å². The Bertz CT molecular complexity index is 216. The highest BCUT2D eigenvalue weighted by Gasteiger charge is 2.22. The van der Waals surface area contributed by atoms with Crippen molar-refractivity contribution in [3.8, 4) is 0 Å². The summed E-state index contributed by atoms with van der Waals surface area (Å²) in [5, 5.41) is 0. The molecule has 2 unspecified atom stereocenters. The maximum atomic E-state index is 11.5. The van der Waals surface area contributed by atoms with Crippen molar-refractivity contribution in [3.05, 3.63) is 0 Å². The van der Waals surface area contributed by atoms with Gasteiger partial charge in [0.05, 0.1) is 12.5 Å². The fourth-order valence-electron chi connectivity index (χ4n) is 1.29. The molecule has 1 amide bonds. The summed E-state index contributed by atoms with van der Waals surface area (Å²) in [5.74, 6) is -1.06. The van der Waals surface area contributed by atoms with Crippen LogP contribution in [0.5, 0.6) is 0 Å². The van der Waals surface area contributed by atoms with Crippen molar-refractivity contribution in [2.45, 2.75) is 40.0 Å². The molecule has 0 aromatic heterocycles. The van der Waals surface area contributed by atoms with Gasteiger partial charge in [-0.2, -0.15) is 0 Å². The molecule has 0 saturated carbocycles. The summed E-state index contributed by atoms with van der Waals surface area (Å²) in [6, 6.07) is 0. The lowest BCUT2D eigenvalue weighted by atomic mass is 9.93. The van der Waals surface area contributed by atoms with Crippen LogP contribution in [0.15, 0.2) is 0 Å². The molecular weight excluding hydrogens is 194 g/mol. The number of primary amides is 1. The number of carbonyl (C=O) groups excluding carboxylic acids is 2. The Hall–Kier alpha value is -1.06. The van der Waals surface area contributed by atoms with Crippen molar-refractivity contribution in [3.63, 3.8) is 0 Å². The highest BCUT2D eigenvalue weighted by atomic mass is 16.5. The van der Waals surface area contributed by atoms with Crippen LogP contribution < -0.4 is 5.73 Å². The second-order valence-electron chi connectivity index (χ2n) is 3.81. The standard InChI is InChI=1S/C11H21NO3/c1-4-6-15-11(14)9(5-2)7-8(3)10(12)13/h8-9H,4-7H2,1-3H3,(H2,12,13). The number of hydrogen-bond acceptors (Lipinski definition) is 3. The maximum absolute atomic E-state index is 11.5. The highest BCUT2D eigenvalue weighted by molar-refractivity contribution is 5.78. The van der Waals surface area contributed by atoms with Crippen molar-refractivity contribution in [1.29, 1.82) is 0 Å². The van der Waals surface area contributed by atoms with Gasteiger partial charge in [-0.25, -0.2) is 0 Å². The molecule has 0 aliphatic rings. The van der Waals surface area contributed by atoms with Crippen LogP contribution >= 0.6 is 0 Å². The number of carbonyl (C=O) groups is 2. The smallest absolute Gasteiger partial charge is 0.308 e. The molecule has 0 bridgehead atoms. The number of ether oxygens (including phenoxy) is 1. The molecule has 0 fully saturated rings. The Morgan fingerprint density at radius 3 is 2.33 bits per heavy atom. The van der Waals surface area contributed by atoms with Gasteiger partial charge in [0.15, 0.2) is 0 Å². The van der Waals surface area contributed by atoms with Crippen molar-refractivity contribution < 1.29 is 14.3 Å². The number of esters is 1. The molecule has 0 aromatic rings. The molecule has 0 aliphatic heterocycles. The monoisotopic (exact) mass is 215 g/mol. The average Bonchev–Trinajstić information content (AvgIpc) is 2.21. The van der Waals surface area contributed by atoms with Gasteiger partial charge in [0.2, 0.25) is 5.91 Å². The van der Waals surface area contributed by atoms with E-state index < -0.39 is 0 Å². The fraction of sp³-hybridized carbons (Fsp3) is 0.818. The van der Waals surface area contributed by atoms with E-state index in [1.165, 1.54) is 0 Å². The summed E-state index contributed by atoms with van der Waals surface area (Å²) in [5.41, 5.74) is 5.15. The Kier molecular flexibility index (Phi) is 6.75. The van der Waals surface area contributed by atoms with E-state index in [9.17, 15) is 9.59 Å². The Balaban J connectivity index is 4.11.